The molecule has 0 atom stereocenters. The van der Waals surface area contributed by atoms with Crippen LogP contribution in [-0.4, -0.2) is 35.5 Å². The van der Waals surface area contributed by atoms with Gasteiger partial charge in [0.25, 0.3) is 10.0 Å². The summed E-state index contributed by atoms with van der Waals surface area (Å²) >= 11 is 0. The monoisotopic (exact) mass is 611 g/mol. The van der Waals surface area contributed by atoms with Crippen molar-refractivity contribution in [1.29, 1.82) is 0 Å². The predicted octanol–water partition coefficient (Wildman–Crippen LogP) is 5.50. The van der Waals surface area contributed by atoms with E-state index in [9.17, 15) is 26.0 Å². The van der Waals surface area contributed by atoms with E-state index in [0.29, 0.717) is 11.4 Å². The lowest BCUT2D eigenvalue weighted by molar-refractivity contribution is -0.114. The smallest absolute Gasteiger partial charge is 0.261 e. The van der Waals surface area contributed by atoms with E-state index in [1.165, 1.54) is 80.5 Å². The van der Waals surface area contributed by atoms with Gasteiger partial charge in [-0.2, -0.15) is 0 Å². The van der Waals surface area contributed by atoms with Gasteiger partial charge in [-0.15, -0.1) is 0 Å². The molecule has 4 bridgehead atoms. The number of halogens is 1. The minimum Gasteiger partial charge on any atom is -0.325 e. The third-order valence-corrected chi connectivity index (χ3v) is 11.6. The SMILES string of the molecule is CS(=O)(=O)N(CC(=O)Nc1ccc(S(=O)(=O)Nc2ccc(F)cc2)cc1)c1ccc(C23CC4CC(CC(C4)C2)C3)cc1. The largest absolute Gasteiger partial charge is 0.325 e. The molecule has 1 amide bonds. The van der Waals surface area contributed by atoms with Crippen LogP contribution < -0.4 is 14.3 Å². The lowest BCUT2D eigenvalue weighted by Crippen LogP contribution is -2.48. The third-order valence-electron chi connectivity index (χ3n) is 9.04. The molecule has 3 aromatic rings. The highest BCUT2D eigenvalue weighted by Gasteiger charge is 2.51. The van der Waals surface area contributed by atoms with Gasteiger partial charge in [0.2, 0.25) is 15.9 Å². The summed E-state index contributed by atoms with van der Waals surface area (Å²) in [6.07, 6.45) is 8.73. The Bertz CT molecular complexity index is 1660. The van der Waals surface area contributed by atoms with Gasteiger partial charge in [0.05, 0.1) is 16.8 Å². The number of hydrogen-bond donors (Lipinski definition) is 2. The molecule has 11 heteroatoms. The normalized spacial score (nSPS) is 24.8. The Morgan fingerprint density at radius 1 is 0.810 bits per heavy atom. The summed E-state index contributed by atoms with van der Waals surface area (Å²) in [4.78, 5) is 12.9. The first kappa shape index (κ1) is 28.7. The molecule has 4 aliphatic rings. The first-order valence-electron chi connectivity index (χ1n) is 14.2. The number of sulfonamides is 2. The zero-order valence-corrected chi connectivity index (χ0v) is 24.9. The quantitative estimate of drug-likeness (QED) is 0.332. The molecule has 0 aromatic heterocycles. The molecule has 42 heavy (non-hydrogen) atoms. The van der Waals surface area contributed by atoms with Crippen molar-refractivity contribution < 1.29 is 26.0 Å². The van der Waals surface area contributed by atoms with E-state index in [-0.39, 0.29) is 16.0 Å². The molecule has 0 unspecified atom stereocenters. The maximum Gasteiger partial charge on any atom is 0.261 e. The van der Waals surface area contributed by atoms with Gasteiger partial charge in [0.15, 0.2) is 0 Å². The van der Waals surface area contributed by atoms with E-state index in [4.69, 9.17) is 0 Å². The van der Waals surface area contributed by atoms with Crippen LogP contribution in [0.3, 0.4) is 0 Å². The van der Waals surface area contributed by atoms with Crippen LogP contribution in [0.5, 0.6) is 0 Å². The van der Waals surface area contributed by atoms with Crippen molar-refractivity contribution in [3.63, 3.8) is 0 Å². The molecular weight excluding hydrogens is 577 g/mol. The van der Waals surface area contributed by atoms with Gasteiger partial charge in [-0.1, -0.05) is 12.1 Å². The molecule has 4 saturated carbocycles. The fourth-order valence-electron chi connectivity index (χ4n) is 7.63. The molecule has 0 saturated heterocycles. The highest BCUT2D eigenvalue weighted by molar-refractivity contribution is 7.92. The number of carbonyl (C=O) groups excluding carboxylic acids is 1. The van der Waals surface area contributed by atoms with Crippen molar-refractivity contribution in [3.8, 4) is 0 Å². The van der Waals surface area contributed by atoms with Crippen LogP contribution in [0.2, 0.25) is 0 Å². The molecule has 2 N–H and O–H groups in total. The Hall–Kier alpha value is -3.44. The number of benzene rings is 3. The summed E-state index contributed by atoms with van der Waals surface area (Å²) in [6, 6.07) is 18.1. The van der Waals surface area contributed by atoms with Crippen LogP contribution in [0.1, 0.15) is 44.1 Å². The summed E-state index contributed by atoms with van der Waals surface area (Å²) in [5, 5.41) is 2.65. The number of anilines is 3. The van der Waals surface area contributed by atoms with E-state index >= 15 is 0 Å². The van der Waals surface area contributed by atoms with Crippen molar-refractivity contribution in [1.82, 2.24) is 0 Å². The highest BCUT2D eigenvalue weighted by Crippen LogP contribution is 2.60. The Morgan fingerprint density at radius 2 is 1.33 bits per heavy atom. The van der Waals surface area contributed by atoms with Crippen molar-refractivity contribution in [2.45, 2.75) is 48.8 Å². The first-order valence-corrected chi connectivity index (χ1v) is 17.5. The maximum atomic E-state index is 13.1. The number of carbonyl (C=O) groups is 1. The van der Waals surface area contributed by atoms with Crippen LogP contribution in [0.25, 0.3) is 0 Å². The maximum absolute atomic E-state index is 13.1. The van der Waals surface area contributed by atoms with Crippen molar-refractivity contribution in [2.75, 3.05) is 27.1 Å². The Kier molecular flexibility index (Phi) is 7.29. The van der Waals surface area contributed by atoms with Gasteiger partial charge in [0, 0.05) is 11.4 Å². The second-order valence-electron chi connectivity index (χ2n) is 12.2. The zero-order chi connectivity index (χ0) is 29.7. The standard InChI is InChI=1S/C31H34FN3O5S2/c1-41(37,38)35(28-10-2-24(3-11-28)31-17-21-14-22(18-31)16-23(15-21)19-31)20-30(36)33-26-8-12-29(13-9-26)42(39,40)34-27-6-4-25(32)5-7-27/h2-13,21-23,34H,14-20H2,1H3,(H,33,36). The highest BCUT2D eigenvalue weighted by atomic mass is 32.2. The number of nitrogens with zero attached hydrogens (tertiary/aromatic N) is 1. The molecule has 3 aromatic carbocycles. The lowest BCUT2D eigenvalue weighted by atomic mass is 9.48. The number of rotatable bonds is 9. The zero-order valence-electron chi connectivity index (χ0n) is 23.3. The average Bonchev–Trinajstić information content (AvgIpc) is 2.92. The fraction of sp³-hybridized carbons (Fsp3) is 0.387. The lowest BCUT2D eigenvalue weighted by Gasteiger charge is -2.57. The molecule has 0 heterocycles. The summed E-state index contributed by atoms with van der Waals surface area (Å²) in [5.74, 6) is 1.35. The molecule has 4 fully saturated rings. The van der Waals surface area contributed by atoms with E-state index < -0.39 is 38.3 Å². The molecule has 4 aliphatic carbocycles. The van der Waals surface area contributed by atoms with E-state index in [1.54, 1.807) is 12.1 Å². The summed E-state index contributed by atoms with van der Waals surface area (Å²) < 4.78 is 67.3. The number of hydrogen-bond acceptors (Lipinski definition) is 5. The fourth-order valence-corrected chi connectivity index (χ4v) is 9.54. The van der Waals surface area contributed by atoms with Crippen LogP contribution in [0, 0.1) is 23.6 Å². The van der Waals surface area contributed by atoms with E-state index in [0.717, 1.165) is 40.4 Å². The van der Waals surface area contributed by atoms with Gasteiger partial charge in [-0.05, 0) is 128 Å². The molecule has 8 nitrogen and oxygen atoms in total. The summed E-state index contributed by atoms with van der Waals surface area (Å²) in [7, 11) is -7.70. The molecule has 0 spiro atoms. The second kappa shape index (κ2) is 10.7. The Labute approximate surface area is 246 Å². The van der Waals surface area contributed by atoms with Crippen molar-refractivity contribution in [3.05, 3.63) is 84.2 Å². The van der Waals surface area contributed by atoms with Crippen LogP contribution >= 0.6 is 0 Å². The molecule has 0 radical (unpaired) electrons. The topological polar surface area (TPSA) is 113 Å². The minimum atomic E-state index is -3.94. The number of amides is 1. The van der Waals surface area contributed by atoms with Crippen LogP contribution in [0.4, 0.5) is 21.5 Å². The van der Waals surface area contributed by atoms with Gasteiger partial charge in [-0.25, -0.2) is 21.2 Å². The van der Waals surface area contributed by atoms with E-state index in [1.807, 2.05) is 12.1 Å². The molecule has 222 valence electrons. The average molecular weight is 612 g/mol. The number of nitrogens with one attached hydrogen (secondary N) is 2. The predicted molar refractivity (Wildman–Crippen MR) is 161 cm³/mol. The Balaban J connectivity index is 1.12. The molecule has 0 aliphatic heterocycles. The van der Waals surface area contributed by atoms with Gasteiger partial charge in [-0.3, -0.25) is 13.8 Å². The summed E-state index contributed by atoms with van der Waals surface area (Å²) in [6.45, 7) is -0.429. The van der Waals surface area contributed by atoms with Crippen LogP contribution in [0.15, 0.2) is 77.7 Å². The van der Waals surface area contributed by atoms with Gasteiger partial charge >= 0.3 is 0 Å². The Morgan fingerprint density at radius 3 is 1.86 bits per heavy atom. The second-order valence-corrected chi connectivity index (χ2v) is 15.8. The van der Waals surface area contributed by atoms with Crippen LogP contribution in [-0.2, 0) is 30.3 Å². The van der Waals surface area contributed by atoms with Gasteiger partial charge in [0.1, 0.15) is 12.4 Å². The third kappa shape index (κ3) is 5.89. The minimum absolute atomic E-state index is 0.0540. The molecular formula is C31H34FN3O5S2. The van der Waals surface area contributed by atoms with Crippen molar-refractivity contribution in [2.24, 2.45) is 17.8 Å². The van der Waals surface area contributed by atoms with E-state index in [2.05, 4.69) is 10.0 Å². The molecule has 7 rings (SSSR count). The summed E-state index contributed by atoms with van der Waals surface area (Å²) in [5.41, 5.74) is 2.41. The van der Waals surface area contributed by atoms with Gasteiger partial charge < -0.3 is 5.32 Å². The first-order chi connectivity index (χ1) is 19.9. The van der Waals surface area contributed by atoms with Crippen molar-refractivity contribution >= 4 is 43.0 Å².